The second kappa shape index (κ2) is 12.2. The van der Waals surface area contributed by atoms with Crippen LogP contribution in [0.2, 0.25) is 0 Å². The van der Waals surface area contributed by atoms with Crippen LogP contribution in [-0.2, 0) is 19.8 Å². The summed E-state index contributed by atoms with van der Waals surface area (Å²) < 4.78 is 35.1. The minimum Gasteiger partial charge on any atom is -0.493 e. The smallest absolute Gasteiger partial charge is 0.167 e. The normalized spacial score (nSPS) is 11.7. The van der Waals surface area contributed by atoms with Crippen molar-refractivity contribution in [3.8, 4) is 45.6 Å². The van der Waals surface area contributed by atoms with Gasteiger partial charge in [0, 0.05) is 30.3 Å². The van der Waals surface area contributed by atoms with Crippen molar-refractivity contribution < 1.29 is 28.4 Å². The van der Waals surface area contributed by atoms with Gasteiger partial charge in [-0.1, -0.05) is 55.1 Å². The molecule has 0 unspecified atom stereocenters. The van der Waals surface area contributed by atoms with Crippen molar-refractivity contribution >= 4 is 11.8 Å². The standard InChI is InChI=1S/C34H35NO6/c1-7-22-11-8-14-26-27-18-31(41-21-24-13-10-16-29(37-4)34(24)39-6)30(17-25(27)19-35(2)32(22)26)40-20-23-12-9-15-28(36-3)33(23)38-5/h7-18H,1,19-21H2,2-6H3. The van der Waals surface area contributed by atoms with E-state index in [1.54, 1.807) is 28.4 Å². The molecule has 5 rings (SSSR count). The van der Waals surface area contributed by atoms with Crippen LogP contribution in [0.1, 0.15) is 22.3 Å². The highest BCUT2D eigenvalue weighted by atomic mass is 16.5. The first-order chi connectivity index (χ1) is 20.0. The molecule has 4 aromatic rings. The lowest BCUT2D eigenvalue weighted by atomic mass is 9.91. The summed E-state index contributed by atoms with van der Waals surface area (Å²) >= 11 is 0. The molecule has 0 spiro atoms. The fourth-order valence-electron chi connectivity index (χ4n) is 5.36. The molecule has 0 fully saturated rings. The van der Waals surface area contributed by atoms with E-state index < -0.39 is 0 Å². The first kappa shape index (κ1) is 27.8. The van der Waals surface area contributed by atoms with Crippen LogP contribution in [0.25, 0.3) is 17.2 Å². The first-order valence-corrected chi connectivity index (χ1v) is 13.3. The molecule has 1 aliphatic heterocycles. The summed E-state index contributed by atoms with van der Waals surface area (Å²) in [4.78, 5) is 2.24. The van der Waals surface area contributed by atoms with Crippen molar-refractivity contribution in [2.45, 2.75) is 19.8 Å². The van der Waals surface area contributed by atoms with Gasteiger partial charge in [-0.05, 0) is 41.0 Å². The number of anilines is 1. The van der Waals surface area contributed by atoms with Crippen LogP contribution in [0.15, 0.2) is 73.3 Å². The molecule has 1 aliphatic rings. The third-order valence-corrected chi connectivity index (χ3v) is 7.27. The van der Waals surface area contributed by atoms with Crippen LogP contribution in [-0.4, -0.2) is 35.5 Å². The van der Waals surface area contributed by atoms with Gasteiger partial charge in [0.05, 0.1) is 34.1 Å². The summed E-state index contributed by atoms with van der Waals surface area (Å²) in [5, 5.41) is 0. The van der Waals surface area contributed by atoms with E-state index in [0.717, 1.165) is 45.6 Å². The van der Waals surface area contributed by atoms with Gasteiger partial charge in [0.15, 0.2) is 34.5 Å². The first-order valence-electron chi connectivity index (χ1n) is 13.3. The van der Waals surface area contributed by atoms with Crippen LogP contribution in [0.4, 0.5) is 5.69 Å². The lowest BCUT2D eigenvalue weighted by Gasteiger charge is -2.32. The summed E-state index contributed by atoms with van der Waals surface area (Å²) in [5.41, 5.74) is 7.31. The summed E-state index contributed by atoms with van der Waals surface area (Å²) in [7, 11) is 8.59. The predicted octanol–water partition coefficient (Wildman–Crippen LogP) is 7.14. The molecule has 0 N–H and O–H groups in total. The van der Waals surface area contributed by atoms with Gasteiger partial charge in [0.2, 0.25) is 0 Å². The second-order valence-corrected chi connectivity index (χ2v) is 9.64. The zero-order valence-corrected chi connectivity index (χ0v) is 24.2. The number of benzene rings is 4. The Hall–Kier alpha value is -4.78. The van der Waals surface area contributed by atoms with Gasteiger partial charge in [0.25, 0.3) is 0 Å². The highest BCUT2D eigenvalue weighted by Crippen LogP contribution is 2.46. The van der Waals surface area contributed by atoms with E-state index in [1.165, 1.54) is 0 Å². The molecule has 7 heteroatoms. The molecule has 7 nitrogen and oxygen atoms in total. The Labute approximate surface area is 241 Å². The Kier molecular flexibility index (Phi) is 8.24. The molecule has 0 saturated heterocycles. The molecule has 0 saturated carbocycles. The fraction of sp³-hybridized carbons (Fsp3) is 0.235. The van der Waals surface area contributed by atoms with Crippen LogP contribution < -0.4 is 33.3 Å². The SMILES string of the molecule is C=Cc1cccc2c1N(C)Cc1cc(OCc3cccc(OC)c3OC)c(OCc3cccc(OC)c3OC)cc1-2. The molecule has 4 aromatic carbocycles. The van der Waals surface area contributed by atoms with Crippen LogP contribution in [0.3, 0.4) is 0 Å². The topological polar surface area (TPSA) is 58.6 Å². The van der Waals surface area contributed by atoms with Crippen molar-refractivity contribution in [2.24, 2.45) is 0 Å². The van der Waals surface area contributed by atoms with Crippen molar-refractivity contribution in [2.75, 3.05) is 40.4 Å². The summed E-state index contributed by atoms with van der Waals surface area (Å²) in [6.45, 7) is 5.27. The highest BCUT2D eigenvalue weighted by molar-refractivity contribution is 5.89. The summed E-state index contributed by atoms with van der Waals surface area (Å²) in [6.07, 6.45) is 1.89. The van der Waals surface area contributed by atoms with Crippen LogP contribution >= 0.6 is 0 Å². The zero-order chi connectivity index (χ0) is 28.9. The van der Waals surface area contributed by atoms with Gasteiger partial charge >= 0.3 is 0 Å². The largest absolute Gasteiger partial charge is 0.493 e. The van der Waals surface area contributed by atoms with Crippen LogP contribution in [0.5, 0.6) is 34.5 Å². The number of nitrogens with zero attached hydrogens (tertiary/aromatic N) is 1. The molecular weight excluding hydrogens is 518 g/mol. The lowest BCUT2D eigenvalue weighted by Crippen LogP contribution is -2.22. The van der Waals surface area contributed by atoms with E-state index in [9.17, 15) is 0 Å². The van der Waals surface area contributed by atoms with Gasteiger partial charge < -0.3 is 33.3 Å². The molecule has 0 aliphatic carbocycles. The van der Waals surface area contributed by atoms with Crippen molar-refractivity contribution in [3.63, 3.8) is 0 Å². The van der Waals surface area contributed by atoms with Crippen molar-refractivity contribution in [3.05, 3.63) is 95.6 Å². The van der Waals surface area contributed by atoms with Gasteiger partial charge in [-0.3, -0.25) is 0 Å². The maximum atomic E-state index is 6.47. The molecular formula is C34H35NO6. The van der Waals surface area contributed by atoms with Crippen molar-refractivity contribution in [1.29, 1.82) is 0 Å². The van der Waals surface area contributed by atoms with Gasteiger partial charge in [-0.15, -0.1) is 0 Å². The maximum absolute atomic E-state index is 6.47. The van der Waals surface area contributed by atoms with Gasteiger partial charge in [-0.25, -0.2) is 0 Å². The Morgan fingerprint density at radius 2 is 1.24 bits per heavy atom. The van der Waals surface area contributed by atoms with Crippen molar-refractivity contribution in [1.82, 2.24) is 0 Å². The van der Waals surface area contributed by atoms with E-state index in [1.807, 2.05) is 42.5 Å². The number of rotatable bonds is 11. The summed E-state index contributed by atoms with van der Waals surface area (Å²) in [5.74, 6) is 3.83. The van der Waals surface area contributed by atoms with Gasteiger partial charge in [-0.2, -0.15) is 0 Å². The number of hydrogen-bond donors (Lipinski definition) is 0. The fourth-order valence-corrected chi connectivity index (χ4v) is 5.36. The minimum atomic E-state index is 0.261. The molecule has 0 radical (unpaired) electrons. The molecule has 0 atom stereocenters. The van der Waals surface area contributed by atoms with E-state index in [-0.39, 0.29) is 13.2 Å². The quantitative estimate of drug-likeness (QED) is 0.196. The average molecular weight is 554 g/mol. The number of fused-ring (bicyclic) bond motifs is 3. The molecule has 0 amide bonds. The molecule has 0 aromatic heterocycles. The second-order valence-electron chi connectivity index (χ2n) is 9.64. The number of hydrogen-bond acceptors (Lipinski definition) is 7. The molecule has 1 heterocycles. The van der Waals surface area contributed by atoms with E-state index in [4.69, 9.17) is 28.4 Å². The lowest BCUT2D eigenvalue weighted by molar-refractivity contribution is 0.248. The van der Waals surface area contributed by atoms with E-state index >= 15 is 0 Å². The van der Waals surface area contributed by atoms with E-state index in [2.05, 4.69) is 48.9 Å². The third-order valence-electron chi connectivity index (χ3n) is 7.27. The van der Waals surface area contributed by atoms with Crippen LogP contribution in [0, 0.1) is 0 Å². The Morgan fingerprint density at radius 3 is 1.78 bits per heavy atom. The predicted molar refractivity (Wildman–Crippen MR) is 162 cm³/mol. The molecule has 0 bridgehead atoms. The third kappa shape index (κ3) is 5.35. The number of ether oxygens (including phenoxy) is 6. The van der Waals surface area contributed by atoms with E-state index in [0.29, 0.717) is 34.5 Å². The van der Waals surface area contributed by atoms with Gasteiger partial charge in [0.1, 0.15) is 13.2 Å². The highest BCUT2D eigenvalue weighted by Gasteiger charge is 2.25. The average Bonchev–Trinajstić information content (AvgIpc) is 3.01. The Bertz CT molecular complexity index is 1560. The summed E-state index contributed by atoms with van der Waals surface area (Å²) in [6, 6.07) is 21.9. The zero-order valence-electron chi connectivity index (χ0n) is 24.2. The Morgan fingerprint density at radius 1 is 0.683 bits per heavy atom. The molecule has 212 valence electrons. The Balaban J connectivity index is 1.56. The maximum Gasteiger partial charge on any atom is 0.167 e. The number of methoxy groups -OCH3 is 4. The monoisotopic (exact) mass is 553 g/mol. The molecule has 41 heavy (non-hydrogen) atoms. The number of para-hydroxylation sites is 3. The minimum absolute atomic E-state index is 0.261.